The minimum absolute atomic E-state index is 0.00155. The number of aromatic carboxylic acids is 1. The van der Waals surface area contributed by atoms with Crippen molar-refractivity contribution in [2.45, 2.75) is 153 Å². The number of carbonyl (C=O) groups is 4. The number of amides is 3. The lowest BCUT2D eigenvalue weighted by Gasteiger charge is -2.32. The molecular weight excluding hydrogens is 1010 g/mol. The van der Waals surface area contributed by atoms with Gasteiger partial charge in [0.2, 0.25) is 0 Å². The summed E-state index contributed by atoms with van der Waals surface area (Å²) in [5.41, 5.74) is 1.18. The summed E-state index contributed by atoms with van der Waals surface area (Å²) in [5.74, 6) is -0.0125. The maximum atomic E-state index is 13.3. The zero-order chi connectivity index (χ0) is 59.3. The van der Waals surface area contributed by atoms with Gasteiger partial charge in [0.1, 0.15) is 33.6 Å². The largest absolute Gasteiger partial charge is 0.478 e. The zero-order valence-electron chi connectivity index (χ0n) is 48.9. The number of hydrogen-bond donors (Lipinski definition) is 8. The van der Waals surface area contributed by atoms with Crippen molar-refractivity contribution in [3.8, 4) is 0 Å². The first-order valence-electron chi connectivity index (χ1n) is 27.8. The lowest BCUT2D eigenvalue weighted by atomic mass is 9.88. The van der Waals surface area contributed by atoms with Crippen LogP contribution in [0.4, 0.5) is 25.4 Å². The minimum Gasteiger partial charge on any atom is -0.478 e. The highest BCUT2D eigenvalue weighted by molar-refractivity contribution is 5.95. The molecule has 4 aliphatic heterocycles. The van der Waals surface area contributed by atoms with E-state index in [4.69, 9.17) is 16.0 Å². The lowest BCUT2D eigenvalue weighted by molar-refractivity contribution is -0.0935. The summed E-state index contributed by atoms with van der Waals surface area (Å²) in [6.07, 6.45) is 3.30. The Kier molecular flexibility index (Phi) is 21.0. The van der Waals surface area contributed by atoms with Crippen LogP contribution in [-0.2, 0) is 22.6 Å². The Morgan fingerprint density at radius 3 is 1.37 bits per heavy atom. The number of piperidine rings is 2. The molecule has 0 aliphatic carbocycles. The van der Waals surface area contributed by atoms with Crippen LogP contribution in [0.15, 0.2) is 97.1 Å². The number of β-amino-alcohol motifs (C(OH)–C–C–N with tert-alkyl or cyclic N) is 4. The number of nitrogens with one attached hydrogen (secondary N) is 3. The molecule has 3 amide bonds. The highest BCUT2D eigenvalue weighted by Gasteiger charge is 2.51. The molecule has 0 spiro atoms. The SMILES string of the molecule is CC(C)(C)OC(=O)NCc1cccc(C2CCN(C(=O)c3cccc(N4CC(C)(O)C(C)(O)C4)c3)CC2)c1.CC(C)(C)OC(=O)NCc1cccc(C2CCNCC2)c1.CC1(O)CN(c2cccc(C(=O)O)c2)CC1(C)O.[2H]CF. The van der Waals surface area contributed by atoms with Crippen LogP contribution in [0.3, 0.4) is 0 Å². The van der Waals surface area contributed by atoms with E-state index in [0.717, 1.165) is 42.7 Å². The average molecular weight is 1100 g/mol. The Morgan fingerprint density at radius 2 is 0.975 bits per heavy atom. The molecule has 4 unspecified atom stereocenters. The van der Waals surface area contributed by atoms with Crippen molar-refractivity contribution in [3.05, 3.63) is 130 Å². The fraction of sp³-hybridized carbons (Fsp3) is 0.541. The van der Waals surface area contributed by atoms with E-state index in [1.54, 1.807) is 50.8 Å². The summed E-state index contributed by atoms with van der Waals surface area (Å²) in [5, 5.41) is 59.4. The van der Waals surface area contributed by atoms with E-state index in [-0.39, 0.29) is 30.7 Å². The van der Waals surface area contributed by atoms with Crippen LogP contribution < -0.4 is 25.8 Å². The number of anilines is 2. The Labute approximate surface area is 467 Å². The molecule has 0 radical (unpaired) electrons. The van der Waals surface area contributed by atoms with E-state index in [2.05, 4.69) is 46.3 Å². The van der Waals surface area contributed by atoms with Crippen molar-refractivity contribution >= 4 is 35.4 Å². The van der Waals surface area contributed by atoms with Gasteiger partial charge in [-0.1, -0.05) is 60.7 Å². The number of aliphatic hydroxyl groups is 4. The normalized spacial score (nSPS) is 23.6. The van der Waals surface area contributed by atoms with Gasteiger partial charge in [-0.3, -0.25) is 9.18 Å². The van der Waals surface area contributed by atoms with Gasteiger partial charge in [0.05, 0.1) is 14.1 Å². The summed E-state index contributed by atoms with van der Waals surface area (Å²) in [6.45, 7) is 23.1. The van der Waals surface area contributed by atoms with E-state index in [1.165, 1.54) is 30.0 Å². The number of ether oxygens (including phenoxy) is 2. The lowest BCUT2D eigenvalue weighted by Crippen LogP contribution is -2.48. The Bertz CT molecular complexity index is 2660. The van der Waals surface area contributed by atoms with Crippen LogP contribution in [-0.4, -0.2) is 148 Å². The predicted molar refractivity (Wildman–Crippen MR) is 306 cm³/mol. The second-order valence-corrected chi connectivity index (χ2v) is 24.0. The molecule has 4 atom stereocenters. The molecule has 18 heteroatoms. The third kappa shape index (κ3) is 18.4. The maximum Gasteiger partial charge on any atom is 0.407 e. The molecule has 4 heterocycles. The molecule has 0 bridgehead atoms. The topological polar surface area (TPSA) is 234 Å². The Morgan fingerprint density at radius 1 is 0.608 bits per heavy atom. The number of carboxylic acids is 1. The van der Waals surface area contributed by atoms with Crippen molar-refractivity contribution in [3.63, 3.8) is 0 Å². The monoisotopic (exact) mass is 1100 g/mol. The number of likely N-dealkylation sites (tertiary alicyclic amines) is 1. The van der Waals surface area contributed by atoms with E-state index in [1.807, 2.05) is 93.8 Å². The van der Waals surface area contributed by atoms with Crippen molar-refractivity contribution in [1.29, 1.82) is 0 Å². The van der Waals surface area contributed by atoms with Gasteiger partial charge in [0.15, 0.2) is 0 Å². The number of alkyl carbamates (subject to hydrolysis) is 2. The number of rotatable bonds is 10. The number of halogens is 1. The van der Waals surface area contributed by atoms with Gasteiger partial charge >= 0.3 is 18.2 Å². The summed E-state index contributed by atoms with van der Waals surface area (Å²) in [6, 6.07) is 30.7. The molecule has 8 N–H and O–H groups in total. The van der Waals surface area contributed by atoms with Crippen LogP contribution in [0.25, 0.3) is 0 Å². The second kappa shape index (κ2) is 26.8. The molecule has 4 aromatic carbocycles. The highest BCUT2D eigenvalue weighted by atomic mass is 19.1. The minimum atomic E-state index is -1.22. The van der Waals surface area contributed by atoms with Gasteiger partial charge in [0.25, 0.3) is 5.91 Å². The number of alkyl halides is 1. The van der Waals surface area contributed by atoms with Gasteiger partial charge in [-0.05, 0) is 178 Å². The molecule has 0 aromatic heterocycles. The van der Waals surface area contributed by atoms with Crippen molar-refractivity contribution in [2.24, 2.45) is 0 Å². The Hall–Kier alpha value is -6.31. The zero-order valence-corrected chi connectivity index (χ0v) is 47.9. The van der Waals surface area contributed by atoms with Gasteiger partial charge in [-0.2, -0.15) is 0 Å². The Balaban J connectivity index is 0.000000235. The number of hydrogen-bond acceptors (Lipinski definition) is 13. The fourth-order valence-electron chi connectivity index (χ4n) is 9.96. The molecular formula is C61H87FN6O11. The van der Waals surface area contributed by atoms with Gasteiger partial charge < -0.3 is 65.7 Å². The van der Waals surface area contributed by atoms with E-state index < -0.39 is 52.8 Å². The van der Waals surface area contributed by atoms with Crippen molar-refractivity contribution in [1.82, 2.24) is 20.9 Å². The van der Waals surface area contributed by atoms with Gasteiger partial charge in [-0.25, -0.2) is 14.4 Å². The first kappa shape index (κ1) is 61.9. The van der Waals surface area contributed by atoms with E-state index >= 15 is 0 Å². The second-order valence-electron chi connectivity index (χ2n) is 24.0. The smallest absolute Gasteiger partial charge is 0.407 e. The summed E-state index contributed by atoms with van der Waals surface area (Å²) in [4.78, 5) is 53.5. The molecule has 4 aliphatic rings. The molecule has 17 nitrogen and oxygen atoms in total. The van der Waals surface area contributed by atoms with Crippen molar-refractivity contribution in [2.75, 3.05) is 69.3 Å². The maximum absolute atomic E-state index is 13.3. The number of carbonyl (C=O) groups excluding carboxylic acids is 3. The van der Waals surface area contributed by atoms with Crippen LogP contribution in [0.1, 0.15) is 151 Å². The number of nitrogens with zero attached hydrogens (tertiary/aromatic N) is 3. The molecule has 434 valence electrons. The van der Waals surface area contributed by atoms with Crippen LogP contribution >= 0.6 is 0 Å². The average Bonchev–Trinajstić information content (AvgIpc) is 3.76. The van der Waals surface area contributed by atoms with E-state index in [9.17, 15) is 44.0 Å². The van der Waals surface area contributed by atoms with Gasteiger partial charge in [0, 0.05) is 69.3 Å². The summed E-state index contributed by atoms with van der Waals surface area (Å²) in [7, 11) is -1.00. The standard InChI is InChI=1S/C30H41N3O5.C17H26N2O2.C13H17NO4.CH3F/c1-28(2,3)38-27(35)31-18-21-8-6-9-23(16-21)22-12-14-32(15-13-22)26(34)24-10-7-11-25(17-24)33-19-29(4,36)30(5,37)20-33;1-17(2,3)21-16(20)19-12-13-5-4-6-15(11-13)14-7-9-18-10-8-14;1-12(17)7-14(8-13(12,2)18)10-5-3-4-9(6-10)11(15)16;1-2/h6-11,16-17,22,36-37H,12-15,18-20H2,1-5H3,(H,31,35);4-6,11,14,18H,7-10,12H2,1-3H3,(H,19,20);3-6,17-18H,7-8H2,1-2H3,(H,15,16);1H3/i;;;1D. The molecule has 8 rings (SSSR count). The molecule has 4 fully saturated rings. The first-order valence-corrected chi connectivity index (χ1v) is 27.1. The summed E-state index contributed by atoms with van der Waals surface area (Å²) >= 11 is 0. The quantitative estimate of drug-likeness (QED) is 0.0744. The predicted octanol–water partition coefficient (Wildman–Crippen LogP) is 8.52. The van der Waals surface area contributed by atoms with Crippen molar-refractivity contribution < 1.29 is 59.9 Å². The molecule has 79 heavy (non-hydrogen) atoms. The summed E-state index contributed by atoms with van der Waals surface area (Å²) < 4.78 is 26.1. The fourth-order valence-corrected chi connectivity index (χ4v) is 9.96. The highest BCUT2D eigenvalue weighted by Crippen LogP contribution is 2.37. The molecule has 0 saturated carbocycles. The van der Waals surface area contributed by atoms with E-state index in [0.29, 0.717) is 62.4 Å². The third-order valence-electron chi connectivity index (χ3n) is 14.9. The molecule has 4 saturated heterocycles. The van der Waals surface area contributed by atoms with Crippen LogP contribution in [0.2, 0.25) is 0 Å². The van der Waals surface area contributed by atoms with Crippen LogP contribution in [0, 0.1) is 0 Å². The number of carboxylic acid groups (broad SMARTS) is 1. The first-order chi connectivity index (χ1) is 37.3. The van der Waals surface area contributed by atoms with Gasteiger partial charge in [-0.15, -0.1) is 0 Å². The third-order valence-corrected chi connectivity index (χ3v) is 14.9. The molecule has 4 aromatic rings. The number of benzene rings is 4. The van der Waals surface area contributed by atoms with Crippen LogP contribution in [0.5, 0.6) is 0 Å².